The Hall–Kier alpha value is -1.10. The molecule has 1 aliphatic rings. The molecule has 1 heterocycles. The van der Waals surface area contributed by atoms with Crippen LogP contribution in [0.2, 0.25) is 0 Å². The quantitative estimate of drug-likeness (QED) is 0.776. The summed E-state index contributed by atoms with van der Waals surface area (Å²) in [6.07, 6.45) is 0.562. The van der Waals surface area contributed by atoms with Crippen LogP contribution in [-0.4, -0.2) is 50.6 Å². The summed E-state index contributed by atoms with van der Waals surface area (Å²) in [6.45, 7) is 4.22. The second-order valence-corrected chi connectivity index (χ2v) is 4.36. The molecule has 0 saturated carbocycles. The van der Waals surface area contributed by atoms with Gasteiger partial charge in [-0.15, -0.1) is 12.4 Å². The number of rotatable bonds is 5. The first-order valence-electron chi connectivity index (χ1n) is 6.27. The normalized spacial score (nSPS) is 15.6. The van der Waals surface area contributed by atoms with Crippen molar-refractivity contribution in [1.82, 2.24) is 4.90 Å². The molecule has 1 aliphatic heterocycles. The smallest absolute Gasteiger partial charge is 0.164 e. The standard InChI is InChI=1S/C14H19NO3.ClH/c1-17-13-4-2-12(3-5-13)14(16)6-7-15-8-10-18-11-9-15;/h2-5H,6-11H2,1H3;1H. The monoisotopic (exact) mass is 285 g/mol. The van der Waals surface area contributed by atoms with E-state index in [1.807, 2.05) is 24.3 Å². The molecule has 1 aromatic carbocycles. The minimum absolute atomic E-state index is 0. The van der Waals surface area contributed by atoms with Gasteiger partial charge in [-0.25, -0.2) is 0 Å². The molecule has 0 aromatic heterocycles. The lowest BCUT2D eigenvalue weighted by molar-refractivity contribution is 0.0370. The van der Waals surface area contributed by atoms with Gasteiger partial charge in [0.05, 0.1) is 20.3 Å². The molecule has 2 rings (SSSR count). The van der Waals surface area contributed by atoms with Crippen molar-refractivity contribution in [3.05, 3.63) is 29.8 Å². The first kappa shape index (κ1) is 16.0. The van der Waals surface area contributed by atoms with Gasteiger partial charge in [0.25, 0.3) is 0 Å². The largest absolute Gasteiger partial charge is 0.497 e. The third-order valence-corrected chi connectivity index (χ3v) is 3.17. The zero-order valence-electron chi connectivity index (χ0n) is 11.1. The Bertz CT molecular complexity index is 388. The summed E-state index contributed by atoms with van der Waals surface area (Å²) in [5, 5.41) is 0. The third-order valence-electron chi connectivity index (χ3n) is 3.17. The number of ether oxygens (including phenoxy) is 2. The highest BCUT2D eigenvalue weighted by Crippen LogP contribution is 2.13. The molecule has 4 nitrogen and oxygen atoms in total. The maximum absolute atomic E-state index is 12.0. The molecule has 0 unspecified atom stereocenters. The number of carbonyl (C=O) groups is 1. The Morgan fingerprint density at radius 2 is 1.89 bits per heavy atom. The number of hydrogen-bond acceptors (Lipinski definition) is 4. The van der Waals surface area contributed by atoms with E-state index in [0.29, 0.717) is 6.42 Å². The lowest BCUT2D eigenvalue weighted by atomic mass is 10.1. The fourth-order valence-electron chi connectivity index (χ4n) is 2.01. The highest BCUT2D eigenvalue weighted by molar-refractivity contribution is 5.96. The molecule has 1 aromatic rings. The fourth-order valence-corrected chi connectivity index (χ4v) is 2.01. The summed E-state index contributed by atoms with van der Waals surface area (Å²) < 4.78 is 10.3. The minimum Gasteiger partial charge on any atom is -0.497 e. The van der Waals surface area contributed by atoms with E-state index in [0.717, 1.165) is 44.2 Å². The summed E-state index contributed by atoms with van der Waals surface area (Å²) >= 11 is 0. The van der Waals surface area contributed by atoms with Crippen LogP contribution >= 0.6 is 12.4 Å². The summed E-state index contributed by atoms with van der Waals surface area (Å²) in [5.74, 6) is 0.962. The molecule has 0 bridgehead atoms. The number of morpholine rings is 1. The summed E-state index contributed by atoms with van der Waals surface area (Å²) in [4.78, 5) is 14.3. The van der Waals surface area contributed by atoms with Crippen molar-refractivity contribution in [3.8, 4) is 5.75 Å². The Labute approximate surface area is 120 Å². The van der Waals surface area contributed by atoms with Crippen LogP contribution in [0.3, 0.4) is 0 Å². The molecular formula is C14H20ClNO3. The molecular weight excluding hydrogens is 266 g/mol. The molecule has 1 saturated heterocycles. The molecule has 106 valence electrons. The molecule has 0 aliphatic carbocycles. The van der Waals surface area contributed by atoms with Gasteiger partial charge in [0.15, 0.2) is 5.78 Å². The Morgan fingerprint density at radius 1 is 1.26 bits per heavy atom. The topological polar surface area (TPSA) is 38.8 Å². The number of ketones is 1. The maximum Gasteiger partial charge on any atom is 0.164 e. The zero-order chi connectivity index (χ0) is 12.8. The number of halogens is 1. The predicted molar refractivity (Wildman–Crippen MR) is 76.4 cm³/mol. The SMILES string of the molecule is COc1ccc(C(=O)CCN2CCOCC2)cc1.Cl. The number of Topliss-reactive ketones (excluding diaryl/α,β-unsaturated/α-hetero) is 1. The predicted octanol–water partition coefficient (Wildman–Crippen LogP) is 2.02. The van der Waals surface area contributed by atoms with Gasteiger partial charge in [0.2, 0.25) is 0 Å². The van der Waals surface area contributed by atoms with Crippen LogP contribution in [0.4, 0.5) is 0 Å². The second-order valence-electron chi connectivity index (χ2n) is 4.36. The minimum atomic E-state index is 0. The van der Waals surface area contributed by atoms with Gasteiger partial charge >= 0.3 is 0 Å². The highest BCUT2D eigenvalue weighted by Gasteiger charge is 2.12. The van der Waals surface area contributed by atoms with Crippen molar-refractivity contribution in [2.45, 2.75) is 6.42 Å². The van der Waals surface area contributed by atoms with Crippen LogP contribution in [0, 0.1) is 0 Å². The second kappa shape index (κ2) is 8.15. The van der Waals surface area contributed by atoms with E-state index in [-0.39, 0.29) is 18.2 Å². The lowest BCUT2D eigenvalue weighted by Crippen LogP contribution is -2.37. The highest BCUT2D eigenvalue weighted by atomic mass is 35.5. The van der Waals surface area contributed by atoms with E-state index < -0.39 is 0 Å². The van der Waals surface area contributed by atoms with E-state index in [1.165, 1.54) is 0 Å². The molecule has 1 fully saturated rings. The number of methoxy groups -OCH3 is 1. The third kappa shape index (κ3) is 4.82. The average Bonchev–Trinajstić information content (AvgIpc) is 2.46. The number of hydrogen-bond donors (Lipinski definition) is 0. The number of nitrogens with zero attached hydrogens (tertiary/aromatic N) is 1. The van der Waals surface area contributed by atoms with E-state index in [1.54, 1.807) is 7.11 Å². The van der Waals surface area contributed by atoms with Crippen LogP contribution in [0.15, 0.2) is 24.3 Å². The van der Waals surface area contributed by atoms with Gasteiger partial charge in [-0.2, -0.15) is 0 Å². The number of benzene rings is 1. The van der Waals surface area contributed by atoms with E-state index >= 15 is 0 Å². The van der Waals surface area contributed by atoms with Crippen LogP contribution in [-0.2, 0) is 4.74 Å². The van der Waals surface area contributed by atoms with E-state index in [4.69, 9.17) is 9.47 Å². The Balaban J connectivity index is 0.00000180. The van der Waals surface area contributed by atoms with Crippen molar-refractivity contribution in [1.29, 1.82) is 0 Å². The molecule has 0 spiro atoms. The van der Waals surface area contributed by atoms with Crippen LogP contribution in [0.1, 0.15) is 16.8 Å². The molecule has 0 atom stereocenters. The van der Waals surface area contributed by atoms with Gasteiger partial charge in [0, 0.05) is 31.6 Å². The van der Waals surface area contributed by atoms with Crippen LogP contribution < -0.4 is 4.74 Å². The van der Waals surface area contributed by atoms with Crippen LogP contribution in [0.25, 0.3) is 0 Å². The van der Waals surface area contributed by atoms with Crippen molar-refractivity contribution >= 4 is 18.2 Å². The van der Waals surface area contributed by atoms with E-state index in [2.05, 4.69) is 4.90 Å². The summed E-state index contributed by atoms with van der Waals surface area (Å²) in [5.41, 5.74) is 0.754. The van der Waals surface area contributed by atoms with Crippen LogP contribution in [0.5, 0.6) is 5.75 Å². The van der Waals surface area contributed by atoms with Crippen molar-refractivity contribution in [2.75, 3.05) is 40.0 Å². The van der Waals surface area contributed by atoms with Gasteiger partial charge in [-0.05, 0) is 24.3 Å². The molecule has 19 heavy (non-hydrogen) atoms. The molecule has 0 radical (unpaired) electrons. The van der Waals surface area contributed by atoms with Crippen molar-refractivity contribution in [2.24, 2.45) is 0 Å². The van der Waals surface area contributed by atoms with Crippen molar-refractivity contribution in [3.63, 3.8) is 0 Å². The Kier molecular flexibility index (Phi) is 6.84. The van der Waals surface area contributed by atoms with Gasteiger partial charge in [-0.1, -0.05) is 0 Å². The average molecular weight is 286 g/mol. The van der Waals surface area contributed by atoms with Gasteiger partial charge in [-0.3, -0.25) is 9.69 Å². The molecule has 0 N–H and O–H groups in total. The molecule has 5 heteroatoms. The van der Waals surface area contributed by atoms with Gasteiger partial charge in [0.1, 0.15) is 5.75 Å². The summed E-state index contributed by atoms with van der Waals surface area (Å²) in [6, 6.07) is 7.28. The maximum atomic E-state index is 12.0. The first-order chi connectivity index (χ1) is 8.79. The van der Waals surface area contributed by atoms with E-state index in [9.17, 15) is 4.79 Å². The lowest BCUT2D eigenvalue weighted by Gasteiger charge is -2.26. The Morgan fingerprint density at radius 3 is 2.47 bits per heavy atom. The fraction of sp³-hybridized carbons (Fsp3) is 0.500. The van der Waals surface area contributed by atoms with Crippen molar-refractivity contribution < 1.29 is 14.3 Å². The molecule has 0 amide bonds. The summed E-state index contributed by atoms with van der Waals surface area (Å²) in [7, 11) is 1.62. The number of carbonyl (C=O) groups excluding carboxylic acids is 1. The van der Waals surface area contributed by atoms with Gasteiger partial charge < -0.3 is 9.47 Å². The zero-order valence-corrected chi connectivity index (χ0v) is 11.9. The first-order valence-corrected chi connectivity index (χ1v) is 6.27.